The molecule has 17 heavy (non-hydrogen) atoms. The van der Waals surface area contributed by atoms with Crippen LogP contribution in [-0.4, -0.2) is 24.2 Å². The molecule has 3 nitrogen and oxygen atoms in total. The van der Waals surface area contributed by atoms with E-state index in [-0.39, 0.29) is 12.5 Å². The minimum absolute atomic E-state index is 0.00426. The van der Waals surface area contributed by atoms with Gasteiger partial charge in [0.2, 0.25) is 0 Å². The van der Waals surface area contributed by atoms with Crippen molar-refractivity contribution in [3.05, 3.63) is 34.9 Å². The zero-order valence-corrected chi connectivity index (χ0v) is 10.6. The van der Waals surface area contributed by atoms with Crippen molar-refractivity contribution < 1.29 is 9.90 Å². The Bertz CT molecular complexity index is 354. The maximum atomic E-state index is 12.0. The third-order valence-electron chi connectivity index (χ3n) is 2.83. The van der Waals surface area contributed by atoms with Crippen LogP contribution in [0.5, 0.6) is 0 Å². The molecule has 94 valence electrons. The molecule has 1 amide bonds. The Kier molecular flexibility index (Phi) is 5.70. The molecule has 0 bridgehead atoms. The minimum Gasteiger partial charge on any atom is -0.396 e. The summed E-state index contributed by atoms with van der Waals surface area (Å²) in [5, 5.41) is 11.6. The molecular weight excluding hydrogens is 214 g/mol. The molecule has 0 aliphatic rings. The summed E-state index contributed by atoms with van der Waals surface area (Å²) in [5.41, 5.74) is 2.81. The Labute approximate surface area is 103 Å². The number of hydrogen-bond acceptors (Lipinski definition) is 2. The zero-order valence-electron chi connectivity index (χ0n) is 10.6. The summed E-state index contributed by atoms with van der Waals surface area (Å²) in [7, 11) is 0. The summed E-state index contributed by atoms with van der Waals surface area (Å²) >= 11 is 0. The first kappa shape index (κ1) is 13.7. The third kappa shape index (κ3) is 4.19. The topological polar surface area (TPSA) is 49.3 Å². The molecule has 0 saturated heterocycles. The average molecular weight is 235 g/mol. The van der Waals surface area contributed by atoms with Gasteiger partial charge in [-0.15, -0.1) is 0 Å². The number of carbonyl (C=O) groups excluding carboxylic acids is 1. The number of carbonyl (C=O) groups is 1. The van der Waals surface area contributed by atoms with Crippen molar-refractivity contribution in [2.75, 3.05) is 13.2 Å². The highest BCUT2D eigenvalue weighted by Crippen LogP contribution is 2.12. The molecule has 1 aromatic carbocycles. The Balaban J connectivity index is 2.47. The number of benzene rings is 1. The second-order valence-corrected chi connectivity index (χ2v) is 4.31. The maximum absolute atomic E-state index is 12.0. The van der Waals surface area contributed by atoms with Gasteiger partial charge < -0.3 is 10.4 Å². The maximum Gasteiger partial charge on any atom is 0.251 e. The van der Waals surface area contributed by atoms with Gasteiger partial charge in [-0.1, -0.05) is 18.2 Å². The van der Waals surface area contributed by atoms with Gasteiger partial charge in [-0.3, -0.25) is 4.79 Å². The summed E-state index contributed by atoms with van der Waals surface area (Å²) in [4.78, 5) is 12.0. The van der Waals surface area contributed by atoms with Crippen LogP contribution in [0.2, 0.25) is 0 Å². The van der Waals surface area contributed by atoms with Crippen LogP contribution < -0.4 is 5.32 Å². The molecule has 1 rings (SSSR count). The smallest absolute Gasteiger partial charge is 0.251 e. The van der Waals surface area contributed by atoms with Gasteiger partial charge in [-0.25, -0.2) is 0 Å². The molecule has 0 unspecified atom stereocenters. The molecule has 0 atom stereocenters. The molecule has 0 aliphatic heterocycles. The van der Waals surface area contributed by atoms with Crippen LogP contribution in [0.15, 0.2) is 18.2 Å². The van der Waals surface area contributed by atoms with Crippen LogP contribution in [0.4, 0.5) is 0 Å². The van der Waals surface area contributed by atoms with Gasteiger partial charge in [0.25, 0.3) is 5.91 Å². The lowest BCUT2D eigenvalue weighted by molar-refractivity contribution is 0.0951. The SMILES string of the molecule is Cc1cccc(C)c1C(=O)NCCCCCO. The first-order chi connectivity index (χ1) is 8.16. The van der Waals surface area contributed by atoms with E-state index in [1.54, 1.807) is 0 Å². The molecule has 0 saturated carbocycles. The van der Waals surface area contributed by atoms with Crippen molar-refractivity contribution in [2.45, 2.75) is 33.1 Å². The van der Waals surface area contributed by atoms with Crippen LogP contribution in [0, 0.1) is 13.8 Å². The number of rotatable bonds is 6. The third-order valence-corrected chi connectivity index (χ3v) is 2.83. The van der Waals surface area contributed by atoms with E-state index >= 15 is 0 Å². The van der Waals surface area contributed by atoms with Crippen molar-refractivity contribution in [3.63, 3.8) is 0 Å². The Hall–Kier alpha value is -1.35. The van der Waals surface area contributed by atoms with E-state index in [4.69, 9.17) is 5.11 Å². The fourth-order valence-electron chi connectivity index (χ4n) is 1.88. The van der Waals surface area contributed by atoms with E-state index in [0.717, 1.165) is 36.0 Å². The molecule has 0 spiro atoms. The van der Waals surface area contributed by atoms with Gasteiger partial charge in [-0.2, -0.15) is 0 Å². The number of amides is 1. The standard InChI is InChI=1S/C14H21NO2/c1-11-7-6-8-12(2)13(11)14(17)15-9-4-3-5-10-16/h6-8,16H,3-5,9-10H2,1-2H3,(H,15,17). The average Bonchev–Trinajstić information content (AvgIpc) is 2.28. The highest BCUT2D eigenvalue weighted by molar-refractivity contribution is 5.96. The predicted molar refractivity (Wildman–Crippen MR) is 69.2 cm³/mol. The summed E-state index contributed by atoms with van der Waals surface area (Å²) in [5.74, 6) is 0.00426. The highest BCUT2D eigenvalue weighted by Gasteiger charge is 2.10. The lowest BCUT2D eigenvalue weighted by atomic mass is 10.0. The number of aryl methyl sites for hydroxylation is 2. The van der Waals surface area contributed by atoms with Crippen molar-refractivity contribution in [2.24, 2.45) is 0 Å². The Morgan fingerprint density at radius 3 is 2.41 bits per heavy atom. The molecule has 2 N–H and O–H groups in total. The van der Waals surface area contributed by atoms with E-state index < -0.39 is 0 Å². The Morgan fingerprint density at radius 2 is 1.82 bits per heavy atom. The van der Waals surface area contributed by atoms with Gasteiger partial charge in [0.05, 0.1) is 0 Å². The van der Waals surface area contributed by atoms with Gasteiger partial charge >= 0.3 is 0 Å². The number of nitrogens with one attached hydrogen (secondary N) is 1. The van der Waals surface area contributed by atoms with E-state index in [1.807, 2.05) is 32.0 Å². The summed E-state index contributed by atoms with van der Waals surface area (Å²) in [6, 6.07) is 5.87. The van der Waals surface area contributed by atoms with Gasteiger partial charge in [0.15, 0.2) is 0 Å². The molecule has 1 aromatic rings. The highest BCUT2D eigenvalue weighted by atomic mass is 16.2. The van der Waals surface area contributed by atoms with Gasteiger partial charge in [0.1, 0.15) is 0 Å². The lowest BCUT2D eigenvalue weighted by Crippen LogP contribution is -2.26. The molecule has 0 radical (unpaired) electrons. The van der Waals surface area contributed by atoms with Crippen LogP contribution in [-0.2, 0) is 0 Å². The first-order valence-corrected chi connectivity index (χ1v) is 6.12. The number of hydrogen-bond donors (Lipinski definition) is 2. The van der Waals surface area contributed by atoms with E-state index in [0.29, 0.717) is 6.54 Å². The molecule has 0 fully saturated rings. The Morgan fingerprint density at radius 1 is 1.18 bits per heavy atom. The van der Waals surface area contributed by atoms with E-state index in [1.165, 1.54) is 0 Å². The van der Waals surface area contributed by atoms with Crippen LogP contribution in [0.25, 0.3) is 0 Å². The van der Waals surface area contributed by atoms with Crippen molar-refractivity contribution in [1.82, 2.24) is 5.32 Å². The minimum atomic E-state index is 0.00426. The van der Waals surface area contributed by atoms with Gasteiger partial charge in [0, 0.05) is 18.7 Å². The fraction of sp³-hybridized carbons (Fsp3) is 0.500. The number of unbranched alkanes of at least 4 members (excludes halogenated alkanes) is 2. The number of aliphatic hydroxyl groups is 1. The first-order valence-electron chi connectivity index (χ1n) is 6.12. The van der Waals surface area contributed by atoms with Crippen molar-refractivity contribution >= 4 is 5.91 Å². The van der Waals surface area contributed by atoms with Crippen molar-refractivity contribution in [1.29, 1.82) is 0 Å². The zero-order chi connectivity index (χ0) is 12.7. The molecule has 0 aromatic heterocycles. The number of aliphatic hydroxyl groups excluding tert-OH is 1. The second-order valence-electron chi connectivity index (χ2n) is 4.31. The monoisotopic (exact) mass is 235 g/mol. The van der Waals surface area contributed by atoms with Crippen LogP contribution in [0.1, 0.15) is 40.7 Å². The molecule has 0 heterocycles. The quantitative estimate of drug-likeness (QED) is 0.743. The normalized spacial score (nSPS) is 10.3. The molecule has 0 aliphatic carbocycles. The molecule has 3 heteroatoms. The summed E-state index contributed by atoms with van der Waals surface area (Å²) in [6.07, 6.45) is 2.67. The lowest BCUT2D eigenvalue weighted by Gasteiger charge is -2.10. The summed E-state index contributed by atoms with van der Waals surface area (Å²) in [6.45, 7) is 4.80. The van der Waals surface area contributed by atoms with Crippen LogP contribution in [0.3, 0.4) is 0 Å². The van der Waals surface area contributed by atoms with Crippen molar-refractivity contribution in [3.8, 4) is 0 Å². The fourth-order valence-corrected chi connectivity index (χ4v) is 1.88. The van der Waals surface area contributed by atoms with E-state index in [9.17, 15) is 4.79 Å². The molecular formula is C14H21NO2. The second kappa shape index (κ2) is 7.07. The largest absolute Gasteiger partial charge is 0.396 e. The van der Waals surface area contributed by atoms with Gasteiger partial charge in [-0.05, 0) is 44.2 Å². The van der Waals surface area contributed by atoms with Crippen LogP contribution >= 0.6 is 0 Å². The summed E-state index contributed by atoms with van der Waals surface area (Å²) < 4.78 is 0. The predicted octanol–water partition coefficient (Wildman–Crippen LogP) is 2.20. The van der Waals surface area contributed by atoms with E-state index in [2.05, 4.69) is 5.32 Å².